The Labute approximate surface area is 127 Å². The fourth-order valence-corrected chi connectivity index (χ4v) is 3.40. The Hall–Kier alpha value is -1.80. The summed E-state index contributed by atoms with van der Waals surface area (Å²) in [6, 6.07) is 20.6. The molecular weight excluding hydrogens is 256 g/mol. The highest BCUT2D eigenvalue weighted by molar-refractivity contribution is 5.59. The number of nitrogens with one attached hydrogen (secondary N) is 1. The maximum Gasteiger partial charge on any atom is 0.0402 e. The molecule has 2 atom stereocenters. The van der Waals surface area contributed by atoms with Gasteiger partial charge in [-0.05, 0) is 44.0 Å². The Balaban J connectivity index is 1.70. The highest BCUT2D eigenvalue weighted by Crippen LogP contribution is 2.32. The Morgan fingerprint density at radius 1 is 1.10 bits per heavy atom. The van der Waals surface area contributed by atoms with Crippen molar-refractivity contribution in [1.82, 2.24) is 5.32 Å². The van der Waals surface area contributed by atoms with Crippen LogP contribution in [0, 0.1) is 0 Å². The van der Waals surface area contributed by atoms with Gasteiger partial charge in [-0.3, -0.25) is 0 Å². The third-order valence-corrected chi connectivity index (χ3v) is 4.56. The average Bonchev–Trinajstić information content (AvgIpc) is 2.85. The summed E-state index contributed by atoms with van der Waals surface area (Å²) in [5, 5.41) is 3.45. The summed E-state index contributed by atoms with van der Waals surface area (Å²) in [4.78, 5) is 2.56. The van der Waals surface area contributed by atoms with Gasteiger partial charge in [0.25, 0.3) is 0 Å². The molecule has 0 amide bonds. The number of rotatable bonds is 5. The topological polar surface area (TPSA) is 15.3 Å². The van der Waals surface area contributed by atoms with E-state index in [0.717, 1.165) is 13.0 Å². The first-order chi connectivity index (χ1) is 10.3. The standard InChI is InChI=1S/C19H24N2/c1-15-14-17-10-6-7-11-19(17)21(15)13-12-18(20-2)16-8-4-3-5-9-16/h3-11,15,18,20H,12-14H2,1-2H3. The molecule has 1 aliphatic rings. The van der Waals surface area contributed by atoms with E-state index in [1.807, 2.05) is 0 Å². The van der Waals surface area contributed by atoms with Gasteiger partial charge in [0.05, 0.1) is 0 Å². The summed E-state index contributed by atoms with van der Waals surface area (Å²) in [5.74, 6) is 0. The molecule has 1 heterocycles. The summed E-state index contributed by atoms with van der Waals surface area (Å²) in [5.41, 5.74) is 4.29. The summed E-state index contributed by atoms with van der Waals surface area (Å²) in [6.07, 6.45) is 2.30. The van der Waals surface area contributed by atoms with Crippen molar-refractivity contribution in [3.8, 4) is 0 Å². The summed E-state index contributed by atoms with van der Waals surface area (Å²) >= 11 is 0. The van der Waals surface area contributed by atoms with E-state index in [2.05, 4.69) is 78.8 Å². The van der Waals surface area contributed by atoms with Crippen LogP contribution in [0.4, 0.5) is 5.69 Å². The van der Waals surface area contributed by atoms with E-state index in [0.29, 0.717) is 12.1 Å². The lowest BCUT2D eigenvalue weighted by atomic mass is 10.0. The van der Waals surface area contributed by atoms with Crippen molar-refractivity contribution >= 4 is 5.69 Å². The molecule has 0 aromatic heterocycles. The van der Waals surface area contributed by atoms with E-state index in [1.165, 1.54) is 23.2 Å². The van der Waals surface area contributed by atoms with Crippen molar-refractivity contribution in [3.05, 3.63) is 65.7 Å². The lowest BCUT2D eigenvalue weighted by Crippen LogP contribution is -2.32. The van der Waals surface area contributed by atoms with Gasteiger partial charge >= 0.3 is 0 Å². The summed E-state index contributed by atoms with van der Waals surface area (Å²) in [7, 11) is 2.05. The molecular formula is C19H24N2. The van der Waals surface area contributed by atoms with Gasteiger partial charge in [0.1, 0.15) is 0 Å². The minimum atomic E-state index is 0.422. The molecule has 0 saturated heterocycles. The SMILES string of the molecule is CNC(CCN1c2ccccc2CC1C)c1ccccc1. The molecule has 1 N–H and O–H groups in total. The van der Waals surface area contributed by atoms with Crippen LogP contribution >= 0.6 is 0 Å². The van der Waals surface area contributed by atoms with Crippen molar-refractivity contribution in [2.75, 3.05) is 18.5 Å². The Bertz CT molecular complexity index is 579. The largest absolute Gasteiger partial charge is 0.368 e. The van der Waals surface area contributed by atoms with E-state index in [4.69, 9.17) is 0 Å². The maximum atomic E-state index is 3.45. The first kappa shape index (κ1) is 14.2. The Morgan fingerprint density at radius 3 is 2.57 bits per heavy atom. The second kappa shape index (κ2) is 6.31. The molecule has 3 rings (SSSR count). The van der Waals surface area contributed by atoms with Crippen molar-refractivity contribution in [2.24, 2.45) is 0 Å². The molecule has 2 nitrogen and oxygen atoms in total. The molecule has 0 fully saturated rings. The second-order valence-corrected chi connectivity index (χ2v) is 5.92. The van der Waals surface area contributed by atoms with E-state index in [-0.39, 0.29) is 0 Å². The predicted molar refractivity (Wildman–Crippen MR) is 89.8 cm³/mol. The van der Waals surface area contributed by atoms with Crippen LogP contribution in [-0.4, -0.2) is 19.6 Å². The monoisotopic (exact) mass is 280 g/mol. The zero-order valence-corrected chi connectivity index (χ0v) is 12.9. The fourth-order valence-electron chi connectivity index (χ4n) is 3.40. The molecule has 2 aromatic rings. The second-order valence-electron chi connectivity index (χ2n) is 5.92. The number of nitrogens with zero attached hydrogens (tertiary/aromatic N) is 1. The molecule has 2 aromatic carbocycles. The molecule has 1 aliphatic heterocycles. The number of fused-ring (bicyclic) bond motifs is 1. The van der Waals surface area contributed by atoms with Crippen molar-refractivity contribution in [3.63, 3.8) is 0 Å². The quantitative estimate of drug-likeness (QED) is 0.896. The maximum absolute atomic E-state index is 3.45. The molecule has 0 radical (unpaired) electrons. The van der Waals surface area contributed by atoms with Gasteiger partial charge in [0.2, 0.25) is 0 Å². The first-order valence-corrected chi connectivity index (χ1v) is 7.86. The number of hydrogen-bond acceptors (Lipinski definition) is 2. The van der Waals surface area contributed by atoms with Gasteiger partial charge < -0.3 is 10.2 Å². The van der Waals surface area contributed by atoms with Crippen LogP contribution in [0.25, 0.3) is 0 Å². The van der Waals surface area contributed by atoms with Gasteiger partial charge in [0.15, 0.2) is 0 Å². The van der Waals surface area contributed by atoms with Crippen LogP contribution < -0.4 is 10.2 Å². The lowest BCUT2D eigenvalue weighted by Gasteiger charge is -2.27. The van der Waals surface area contributed by atoms with E-state index in [9.17, 15) is 0 Å². The fraction of sp³-hybridized carbons (Fsp3) is 0.368. The number of para-hydroxylation sites is 1. The zero-order chi connectivity index (χ0) is 14.7. The Morgan fingerprint density at radius 2 is 1.81 bits per heavy atom. The molecule has 2 unspecified atom stereocenters. The molecule has 0 spiro atoms. The van der Waals surface area contributed by atoms with Gasteiger partial charge in [-0.1, -0.05) is 48.5 Å². The van der Waals surface area contributed by atoms with E-state index >= 15 is 0 Å². The van der Waals surface area contributed by atoms with Gasteiger partial charge in [-0.15, -0.1) is 0 Å². The summed E-state index contributed by atoms with van der Waals surface area (Å²) in [6.45, 7) is 3.43. The van der Waals surface area contributed by atoms with Crippen molar-refractivity contribution in [2.45, 2.75) is 31.8 Å². The van der Waals surface area contributed by atoms with E-state index in [1.54, 1.807) is 0 Å². The normalized spacial score (nSPS) is 18.6. The van der Waals surface area contributed by atoms with Crippen LogP contribution in [-0.2, 0) is 6.42 Å². The van der Waals surface area contributed by atoms with Gasteiger partial charge in [0, 0.05) is 24.3 Å². The number of benzene rings is 2. The minimum absolute atomic E-state index is 0.422. The minimum Gasteiger partial charge on any atom is -0.368 e. The molecule has 0 aliphatic carbocycles. The van der Waals surface area contributed by atoms with Crippen LogP contribution in [0.3, 0.4) is 0 Å². The van der Waals surface area contributed by atoms with Crippen LogP contribution in [0.1, 0.15) is 30.5 Å². The Kier molecular flexibility index (Phi) is 4.26. The molecule has 110 valence electrons. The molecule has 2 heteroatoms. The number of anilines is 1. The highest BCUT2D eigenvalue weighted by atomic mass is 15.2. The molecule has 0 bridgehead atoms. The smallest absolute Gasteiger partial charge is 0.0402 e. The summed E-state index contributed by atoms with van der Waals surface area (Å²) < 4.78 is 0. The first-order valence-electron chi connectivity index (χ1n) is 7.86. The van der Waals surface area contributed by atoms with E-state index < -0.39 is 0 Å². The molecule has 0 saturated carbocycles. The molecule has 21 heavy (non-hydrogen) atoms. The van der Waals surface area contributed by atoms with Crippen molar-refractivity contribution < 1.29 is 0 Å². The average molecular weight is 280 g/mol. The van der Waals surface area contributed by atoms with Crippen LogP contribution in [0.5, 0.6) is 0 Å². The lowest BCUT2D eigenvalue weighted by molar-refractivity contribution is 0.528. The van der Waals surface area contributed by atoms with Crippen molar-refractivity contribution in [1.29, 1.82) is 0 Å². The third kappa shape index (κ3) is 2.96. The zero-order valence-electron chi connectivity index (χ0n) is 12.9. The third-order valence-electron chi connectivity index (χ3n) is 4.56. The predicted octanol–water partition coefficient (Wildman–Crippen LogP) is 3.79. The van der Waals surface area contributed by atoms with Gasteiger partial charge in [-0.25, -0.2) is 0 Å². The number of hydrogen-bond donors (Lipinski definition) is 1. The highest BCUT2D eigenvalue weighted by Gasteiger charge is 2.25. The van der Waals surface area contributed by atoms with Crippen LogP contribution in [0.2, 0.25) is 0 Å². The van der Waals surface area contributed by atoms with Crippen LogP contribution in [0.15, 0.2) is 54.6 Å². The van der Waals surface area contributed by atoms with Gasteiger partial charge in [-0.2, -0.15) is 0 Å².